The molecule has 0 unspecified atom stereocenters. The van der Waals surface area contributed by atoms with Crippen molar-refractivity contribution in [1.82, 2.24) is 14.5 Å². The van der Waals surface area contributed by atoms with Crippen LogP contribution < -0.4 is 5.73 Å². The van der Waals surface area contributed by atoms with E-state index in [1.165, 1.54) is 5.56 Å². The Labute approximate surface area is 111 Å². The molecule has 0 saturated heterocycles. The topological polar surface area (TPSA) is 47.1 Å². The van der Waals surface area contributed by atoms with E-state index in [1.54, 1.807) is 0 Å². The van der Waals surface area contributed by atoms with E-state index in [9.17, 15) is 0 Å². The summed E-state index contributed by atoms with van der Waals surface area (Å²) >= 11 is 6.04. The number of hydrogen-bond acceptors (Lipinski definition) is 3. The van der Waals surface area contributed by atoms with E-state index >= 15 is 0 Å². The molecule has 3 rings (SSSR count). The molecular weight excluding hydrogens is 248 g/mol. The molecule has 0 fully saturated rings. The van der Waals surface area contributed by atoms with E-state index in [4.69, 9.17) is 17.3 Å². The fourth-order valence-corrected chi connectivity index (χ4v) is 2.49. The Morgan fingerprint density at radius 2 is 2.22 bits per heavy atom. The molecule has 0 bridgehead atoms. The van der Waals surface area contributed by atoms with Gasteiger partial charge in [-0.2, -0.15) is 0 Å². The molecule has 2 aromatic rings. The first-order valence-electron chi connectivity index (χ1n) is 5.98. The number of benzene rings is 1. The lowest BCUT2D eigenvalue weighted by Crippen LogP contribution is -2.33. The summed E-state index contributed by atoms with van der Waals surface area (Å²) in [6.07, 6.45) is 3.89. The summed E-state index contributed by atoms with van der Waals surface area (Å²) < 4.78 is 2.20. The Kier molecular flexibility index (Phi) is 2.97. The van der Waals surface area contributed by atoms with Gasteiger partial charge in [0.05, 0.1) is 17.3 Å². The van der Waals surface area contributed by atoms with Gasteiger partial charge in [0, 0.05) is 32.0 Å². The highest BCUT2D eigenvalue weighted by atomic mass is 35.5. The van der Waals surface area contributed by atoms with E-state index in [-0.39, 0.29) is 0 Å². The van der Waals surface area contributed by atoms with Crippen molar-refractivity contribution >= 4 is 17.3 Å². The van der Waals surface area contributed by atoms with Crippen LogP contribution in [0.4, 0.5) is 5.69 Å². The number of anilines is 1. The standard InChI is InChI=1S/C13H15ClN4/c14-11-7-10(1-2-12(11)15)8-17-5-6-18-4-3-16-13(18)9-17/h1-4,7H,5-6,8-9,15H2. The molecule has 1 aliphatic rings. The average molecular weight is 263 g/mol. The first kappa shape index (κ1) is 11.6. The Balaban J connectivity index is 1.72. The van der Waals surface area contributed by atoms with Crippen LogP contribution in [0, 0.1) is 0 Å². The molecule has 94 valence electrons. The van der Waals surface area contributed by atoms with E-state index in [0.29, 0.717) is 10.7 Å². The molecule has 0 aliphatic carbocycles. The molecule has 1 aromatic carbocycles. The summed E-state index contributed by atoms with van der Waals surface area (Å²) in [4.78, 5) is 6.72. The smallest absolute Gasteiger partial charge is 0.122 e. The Bertz CT molecular complexity index is 564. The minimum atomic E-state index is 0.631. The van der Waals surface area contributed by atoms with Crippen LogP contribution in [-0.4, -0.2) is 21.0 Å². The summed E-state index contributed by atoms with van der Waals surface area (Å²) in [7, 11) is 0. The zero-order valence-electron chi connectivity index (χ0n) is 10.0. The number of halogens is 1. The van der Waals surface area contributed by atoms with Crippen molar-refractivity contribution in [3.63, 3.8) is 0 Å². The molecule has 1 aromatic heterocycles. The zero-order chi connectivity index (χ0) is 12.5. The van der Waals surface area contributed by atoms with Gasteiger partial charge in [0.1, 0.15) is 5.82 Å². The van der Waals surface area contributed by atoms with Gasteiger partial charge in [-0.15, -0.1) is 0 Å². The monoisotopic (exact) mass is 262 g/mol. The molecule has 0 saturated carbocycles. The number of hydrogen-bond donors (Lipinski definition) is 1. The summed E-state index contributed by atoms with van der Waals surface area (Å²) in [5, 5.41) is 0.631. The highest BCUT2D eigenvalue weighted by Crippen LogP contribution is 2.21. The van der Waals surface area contributed by atoms with Gasteiger partial charge in [0.2, 0.25) is 0 Å². The quantitative estimate of drug-likeness (QED) is 0.844. The lowest BCUT2D eigenvalue weighted by Gasteiger charge is -2.27. The van der Waals surface area contributed by atoms with Crippen molar-refractivity contribution in [2.75, 3.05) is 12.3 Å². The molecule has 0 atom stereocenters. The molecule has 4 nitrogen and oxygen atoms in total. The van der Waals surface area contributed by atoms with Crippen LogP contribution in [0.5, 0.6) is 0 Å². The molecule has 18 heavy (non-hydrogen) atoms. The summed E-state index contributed by atoms with van der Waals surface area (Å²) in [6, 6.07) is 5.84. The Morgan fingerprint density at radius 1 is 1.33 bits per heavy atom. The molecule has 0 radical (unpaired) electrons. The van der Waals surface area contributed by atoms with Crippen molar-refractivity contribution in [3.05, 3.63) is 47.0 Å². The van der Waals surface area contributed by atoms with Crippen LogP contribution in [0.3, 0.4) is 0 Å². The normalized spacial score (nSPS) is 15.6. The SMILES string of the molecule is Nc1ccc(CN2CCn3ccnc3C2)cc1Cl. The molecule has 2 heterocycles. The summed E-state index contributed by atoms with van der Waals surface area (Å²) in [5.41, 5.74) is 7.54. The van der Waals surface area contributed by atoms with Crippen molar-refractivity contribution < 1.29 is 0 Å². The maximum atomic E-state index is 6.04. The van der Waals surface area contributed by atoms with Crippen LogP contribution in [0.25, 0.3) is 0 Å². The van der Waals surface area contributed by atoms with Crippen molar-refractivity contribution in [3.8, 4) is 0 Å². The zero-order valence-corrected chi connectivity index (χ0v) is 10.8. The third kappa shape index (κ3) is 2.21. The molecule has 0 amide bonds. The Morgan fingerprint density at radius 3 is 3.06 bits per heavy atom. The number of nitrogens with zero attached hydrogens (tertiary/aromatic N) is 3. The van der Waals surface area contributed by atoms with Crippen molar-refractivity contribution in [1.29, 1.82) is 0 Å². The predicted octanol–water partition coefficient (Wildman–Crippen LogP) is 2.13. The average Bonchev–Trinajstić information content (AvgIpc) is 2.81. The number of rotatable bonds is 2. The first-order valence-corrected chi connectivity index (χ1v) is 6.36. The molecule has 0 spiro atoms. The van der Waals surface area contributed by atoms with Crippen LogP contribution in [-0.2, 0) is 19.6 Å². The second-order valence-electron chi connectivity index (χ2n) is 4.60. The number of nitrogen functional groups attached to an aromatic ring is 1. The number of fused-ring (bicyclic) bond motifs is 1. The van der Waals surface area contributed by atoms with Gasteiger partial charge in [-0.05, 0) is 17.7 Å². The largest absolute Gasteiger partial charge is 0.398 e. The molecular formula is C13H15ClN4. The summed E-state index contributed by atoms with van der Waals surface area (Å²) in [5.74, 6) is 1.13. The maximum Gasteiger partial charge on any atom is 0.122 e. The minimum Gasteiger partial charge on any atom is -0.398 e. The fourth-order valence-electron chi connectivity index (χ4n) is 2.29. The lowest BCUT2D eigenvalue weighted by molar-refractivity contribution is 0.209. The predicted molar refractivity (Wildman–Crippen MR) is 72.2 cm³/mol. The molecule has 5 heteroatoms. The van der Waals surface area contributed by atoms with Gasteiger partial charge in [0.25, 0.3) is 0 Å². The van der Waals surface area contributed by atoms with Crippen LogP contribution in [0.15, 0.2) is 30.6 Å². The van der Waals surface area contributed by atoms with Crippen molar-refractivity contribution in [2.45, 2.75) is 19.6 Å². The summed E-state index contributed by atoms with van der Waals surface area (Å²) in [6.45, 7) is 3.80. The van der Waals surface area contributed by atoms with Gasteiger partial charge in [-0.3, -0.25) is 4.90 Å². The van der Waals surface area contributed by atoms with Gasteiger partial charge >= 0.3 is 0 Å². The van der Waals surface area contributed by atoms with Gasteiger partial charge in [-0.25, -0.2) is 4.98 Å². The van der Waals surface area contributed by atoms with Crippen molar-refractivity contribution in [2.24, 2.45) is 0 Å². The second-order valence-corrected chi connectivity index (χ2v) is 5.01. The van der Waals surface area contributed by atoms with Crippen LogP contribution in [0.1, 0.15) is 11.4 Å². The maximum absolute atomic E-state index is 6.04. The van der Waals surface area contributed by atoms with Gasteiger partial charge in [-0.1, -0.05) is 17.7 Å². The van der Waals surface area contributed by atoms with Gasteiger partial charge in [0.15, 0.2) is 0 Å². The molecule has 1 aliphatic heterocycles. The first-order chi connectivity index (χ1) is 8.72. The van der Waals surface area contributed by atoms with E-state index < -0.39 is 0 Å². The Hall–Kier alpha value is -1.52. The van der Waals surface area contributed by atoms with E-state index in [0.717, 1.165) is 32.0 Å². The number of aromatic nitrogens is 2. The van der Waals surface area contributed by atoms with E-state index in [2.05, 4.69) is 14.5 Å². The molecule has 2 N–H and O–H groups in total. The minimum absolute atomic E-state index is 0.631. The van der Waals surface area contributed by atoms with Gasteiger partial charge < -0.3 is 10.3 Å². The fraction of sp³-hybridized carbons (Fsp3) is 0.308. The highest BCUT2D eigenvalue weighted by molar-refractivity contribution is 6.33. The van der Waals surface area contributed by atoms with Crippen LogP contribution >= 0.6 is 11.6 Å². The number of nitrogens with two attached hydrogens (primary N) is 1. The van der Waals surface area contributed by atoms with Crippen LogP contribution in [0.2, 0.25) is 5.02 Å². The third-order valence-corrected chi connectivity index (χ3v) is 3.62. The lowest BCUT2D eigenvalue weighted by atomic mass is 10.2. The van der Waals surface area contributed by atoms with E-state index in [1.807, 2.05) is 30.6 Å². The highest BCUT2D eigenvalue weighted by Gasteiger charge is 2.16. The second kappa shape index (κ2) is 4.63. The number of imidazole rings is 1. The third-order valence-electron chi connectivity index (χ3n) is 3.29.